The molecule has 1 atom stereocenters. The van der Waals surface area contributed by atoms with Crippen molar-refractivity contribution in [2.45, 2.75) is 25.3 Å². The number of benzene rings is 1. The molecule has 23 heavy (non-hydrogen) atoms. The molecule has 2 aliphatic heterocycles. The van der Waals surface area contributed by atoms with Gasteiger partial charge in [-0.1, -0.05) is 0 Å². The van der Waals surface area contributed by atoms with E-state index in [9.17, 15) is 22.7 Å². The van der Waals surface area contributed by atoms with E-state index in [0.29, 0.717) is 32.4 Å². The highest BCUT2D eigenvalue weighted by Gasteiger charge is 2.37. The lowest BCUT2D eigenvalue weighted by molar-refractivity contribution is 0.0655. The number of likely N-dealkylation sites (tertiary alicyclic amines) is 1. The average Bonchev–Trinajstić information content (AvgIpc) is 2.88. The summed E-state index contributed by atoms with van der Waals surface area (Å²) in [6.45, 7) is 1.23. The highest BCUT2D eigenvalue weighted by atomic mass is 32.2. The number of amides is 1. The molecule has 2 saturated heterocycles. The number of aromatic hydroxyl groups is 1. The molecular formula is C15H19FN2O4S. The fraction of sp³-hybridized carbons (Fsp3) is 0.533. The molecule has 2 fully saturated rings. The molecule has 126 valence electrons. The third-order valence-electron chi connectivity index (χ3n) is 4.42. The molecular weight excluding hydrogens is 323 g/mol. The normalized spacial score (nSPS) is 24.7. The molecule has 0 aromatic heterocycles. The van der Waals surface area contributed by atoms with Crippen molar-refractivity contribution in [3.8, 4) is 5.75 Å². The molecule has 1 aromatic rings. The van der Waals surface area contributed by atoms with E-state index in [1.54, 1.807) is 0 Å². The summed E-state index contributed by atoms with van der Waals surface area (Å²) < 4.78 is 38.9. The molecule has 1 aromatic carbocycles. The number of piperidine rings is 1. The molecule has 8 heteroatoms. The van der Waals surface area contributed by atoms with Gasteiger partial charge in [0.05, 0.1) is 11.3 Å². The third kappa shape index (κ3) is 3.18. The number of halogens is 1. The molecule has 1 amide bonds. The second-order valence-electron chi connectivity index (χ2n) is 5.99. The molecule has 0 radical (unpaired) electrons. The second-order valence-corrected chi connectivity index (χ2v) is 8.03. The number of hydrogen-bond acceptors (Lipinski definition) is 4. The van der Waals surface area contributed by atoms with Crippen LogP contribution in [0.2, 0.25) is 0 Å². The van der Waals surface area contributed by atoms with Gasteiger partial charge in [0.15, 0.2) is 0 Å². The molecule has 0 bridgehead atoms. The number of phenols is 1. The van der Waals surface area contributed by atoms with Gasteiger partial charge in [-0.2, -0.15) is 4.31 Å². The summed E-state index contributed by atoms with van der Waals surface area (Å²) in [5.41, 5.74) is -0.0880. The van der Waals surface area contributed by atoms with E-state index in [-0.39, 0.29) is 29.7 Å². The van der Waals surface area contributed by atoms with Crippen LogP contribution in [0, 0.1) is 5.82 Å². The molecule has 1 N–H and O–H groups in total. The zero-order valence-corrected chi connectivity index (χ0v) is 13.4. The van der Waals surface area contributed by atoms with Gasteiger partial charge in [0.25, 0.3) is 5.91 Å². The van der Waals surface area contributed by atoms with E-state index in [2.05, 4.69) is 0 Å². The fourth-order valence-electron chi connectivity index (χ4n) is 3.29. The Hall–Kier alpha value is -1.67. The van der Waals surface area contributed by atoms with Crippen molar-refractivity contribution in [1.82, 2.24) is 9.21 Å². The Morgan fingerprint density at radius 2 is 2.04 bits per heavy atom. The van der Waals surface area contributed by atoms with Crippen LogP contribution < -0.4 is 0 Å². The van der Waals surface area contributed by atoms with Crippen molar-refractivity contribution >= 4 is 15.9 Å². The van der Waals surface area contributed by atoms with E-state index in [1.807, 2.05) is 0 Å². The van der Waals surface area contributed by atoms with Gasteiger partial charge in [-0.3, -0.25) is 4.79 Å². The van der Waals surface area contributed by atoms with Crippen LogP contribution in [0.1, 0.15) is 29.6 Å². The Balaban J connectivity index is 1.78. The molecule has 3 rings (SSSR count). The highest BCUT2D eigenvalue weighted by molar-refractivity contribution is 7.89. The first-order valence-electron chi connectivity index (χ1n) is 7.66. The van der Waals surface area contributed by atoms with E-state index >= 15 is 0 Å². The zero-order chi connectivity index (χ0) is 16.6. The topological polar surface area (TPSA) is 77.9 Å². The standard InChI is InChI=1S/C15H19FN2O4S/c16-11-4-5-14(19)13(9-11)15(20)17-6-1-3-12(10-17)18-7-2-8-23(18,21)22/h4-5,9,12,19H,1-3,6-8,10H2. The highest BCUT2D eigenvalue weighted by Crippen LogP contribution is 2.26. The van der Waals surface area contributed by atoms with Crippen LogP contribution in [-0.4, -0.2) is 60.1 Å². The fourth-order valence-corrected chi connectivity index (χ4v) is 5.05. The van der Waals surface area contributed by atoms with E-state index in [4.69, 9.17) is 0 Å². The van der Waals surface area contributed by atoms with Crippen LogP contribution in [0.15, 0.2) is 18.2 Å². The first-order valence-corrected chi connectivity index (χ1v) is 9.27. The third-order valence-corrected chi connectivity index (χ3v) is 6.42. The van der Waals surface area contributed by atoms with Crippen LogP contribution in [0.4, 0.5) is 4.39 Å². The maximum Gasteiger partial charge on any atom is 0.257 e. The van der Waals surface area contributed by atoms with Gasteiger partial charge < -0.3 is 10.0 Å². The number of phenolic OH excluding ortho intramolecular Hbond substituents is 1. The number of rotatable bonds is 2. The lowest BCUT2D eigenvalue weighted by atomic mass is 10.0. The van der Waals surface area contributed by atoms with Crippen LogP contribution >= 0.6 is 0 Å². The Kier molecular flexibility index (Phi) is 4.29. The predicted octanol–water partition coefficient (Wildman–Crippen LogP) is 1.17. The van der Waals surface area contributed by atoms with E-state index in [1.165, 1.54) is 9.21 Å². The van der Waals surface area contributed by atoms with Crippen molar-refractivity contribution in [1.29, 1.82) is 0 Å². The van der Waals surface area contributed by atoms with Crippen LogP contribution in [0.3, 0.4) is 0 Å². The summed E-state index contributed by atoms with van der Waals surface area (Å²) in [7, 11) is -3.23. The van der Waals surface area contributed by atoms with Crippen molar-refractivity contribution < 1.29 is 22.7 Å². The summed E-state index contributed by atoms with van der Waals surface area (Å²) in [5, 5.41) is 9.78. The van der Waals surface area contributed by atoms with E-state index in [0.717, 1.165) is 18.2 Å². The van der Waals surface area contributed by atoms with Crippen molar-refractivity contribution in [2.75, 3.05) is 25.4 Å². The molecule has 6 nitrogen and oxygen atoms in total. The van der Waals surface area contributed by atoms with Gasteiger partial charge in [0.2, 0.25) is 10.0 Å². The smallest absolute Gasteiger partial charge is 0.257 e. The Labute approximate surface area is 134 Å². The van der Waals surface area contributed by atoms with Gasteiger partial charge in [-0.25, -0.2) is 12.8 Å². The zero-order valence-electron chi connectivity index (χ0n) is 12.6. The number of sulfonamides is 1. The van der Waals surface area contributed by atoms with Crippen molar-refractivity contribution in [3.05, 3.63) is 29.6 Å². The van der Waals surface area contributed by atoms with Gasteiger partial charge in [-0.15, -0.1) is 0 Å². The van der Waals surface area contributed by atoms with Gasteiger partial charge >= 0.3 is 0 Å². The molecule has 1 unspecified atom stereocenters. The summed E-state index contributed by atoms with van der Waals surface area (Å²) >= 11 is 0. The second kappa shape index (κ2) is 6.09. The minimum Gasteiger partial charge on any atom is -0.507 e. The maximum atomic E-state index is 13.3. The summed E-state index contributed by atoms with van der Waals surface area (Å²) in [4.78, 5) is 14.0. The minimum absolute atomic E-state index is 0.0880. The summed E-state index contributed by atoms with van der Waals surface area (Å²) in [6, 6.07) is 3.00. The molecule has 2 heterocycles. The molecule has 2 aliphatic rings. The lowest BCUT2D eigenvalue weighted by Crippen LogP contribution is -2.50. The number of hydrogen-bond donors (Lipinski definition) is 1. The van der Waals surface area contributed by atoms with Crippen LogP contribution in [0.25, 0.3) is 0 Å². The molecule has 0 spiro atoms. The molecule has 0 saturated carbocycles. The monoisotopic (exact) mass is 342 g/mol. The summed E-state index contributed by atoms with van der Waals surface area (Å²) in [5.74, 6) is -1.18. The van der Waals surface area contributed by atoms with Gasteiger partial charge in [-0.05, 0) is 37.5 Å². The quantitative estimate of drug-likeness (QED) is 0.875. The summed E-state index contributed by atoms with van der Waals surface area (Å²) in [6.07, 6.45) is 1.99. The Morgan fingerprint density at radius 1 is 1.26 bits per heavy atom. The Morgan fingerprint density at radius 3 is 2.74 bits per heavy atom. The number of carbonyl (C=O) groups is 1. The average molecular weight is 342 g/mol. The van der Waals surface area contributed by atoms with E-state index < -0.39 is 21.7 Å². The van der Waals surface area contributed by atoms with Crippen LogP contribution in [-0.2, 0) is 10.0 Å². The van der Waals surface area contributed by atoms with Crippen molar-refractivity contribution in [2.24, 2.45) is 0 Å². The lowest BCUT2D eigenvalue weighted by Gasteiger charge is -2.36. The predicted molar refractivity (Wildman–Crippen MR) is 82.1 cm³/mol. The number of nitrogens with zero attached hydrogens (tertiary/aromatic N) is 2. The Bertz CT molecular complexity index is 722. The van der Waals surface area contributed by atoms with Crippen molar-refractivity contribution in [3.63, 3.8) is 0 Å². The molecule has 0 aliphatic carbocycles. The largest absolute Gasteiger partial charge is 0.507 e. The minimum atomic E-state index is -3.23. The van der Waals surface area contributed by atoms with Gasteiger partial charge in [0, 0.05) is 25.7 Å². The van der Waals surface area contributed by atoms with Crippen LogP contribution in [0.5, 0.6) is 5.75 Å². The number of carbonyl (C=O) groups excluding carboxylic acids is 1. The maximum absolute atomic E-state index is 13.3. The first-order chi connectivity index (χ1) is 10.9. The first kappa shape index (κ1) is 16.2. The SMILES string of the molecule is O=C(c1cc(F)ccc1O)N1CCCC(N2CCCS2(=O)=O)C1. The van der Waals surface area contributed by atoms with Gasteiger partial charge in [0.1, 0.15) is 11.6 Å².